The fourth-order valence-electron chi connectivity index (χ4n) is 4.88. The van der Waals surface area contributed by atoms with Crippen molar-refractivity contribution in [1.82, 2.24) is 15.2 Å². The van der Waals surface area contributed by atoms with Gasteiger partial charge >= 0.3 is 6.03 Å². The first kappa shape index (κ1) is 20.0. The van der Waals surface area contributed by atoms with E-state index in [9.17, 15) is 14.4 Å². The third-order valence-corrected chi connectivity index (χ3v) is 7.56. The lowest BCUT2D eigenvalue weighted by molar-refractivity contribution is -0.141. The van der Waals surface area contributed by atoms with Crippen LogP contribution in [0.25, 0.3) is 0 Å². The lowest BCUT2D eigenvalue weighted by atomic mass is 9.73. The van der Waals surface area contributed by atoms with Crippen LogP contribution in [-0.4, -0.2) is 45.5 Å². The molecule has 1 saturated heterocycles. The molecule has 8 nitrogen and oxygen atoms in total. The van der Waals surface area contributed by atoms with Crippen LogP contribution in [0, 0.1) is 5.92 Å². The molecule has 1 saturated carbocycles. The minimum Gasteiger partial charge on any atom is -0.467 e. The summed E-state index contributed by atoms with van der Waals surface area (Å²) in [6.45, 7) is 1.66. The van der Waals surface area contributed by atoms with Gasteiger partial charge in [0, 0.05) is 6.42 Å². The quantitative estimate of drug-likeness (QED) is 0.736. The Morgan fingerprint density at radius 3 is 2.90 bits per heavy atom. The van der Waals surface area contributed by atoms with E-state index in [0.717, 1.165) is 34.8 Å². The highest BCUT2D eigenvalue weighted by atomic mass is 32.1. The van der Waals surface area contributed by atoms with Crippen LogP contribution in [0.1, 0.15) is 55.7 Å². The Kier molecular flexibility index (Phi) is 4.92. The van der Waals surface area contributed by atoms with E-state index in [1.165, 1.54) is 5.01 Å². The number of hydrogen-bond donors (Lipinski definition) is 1. The van der Waals surface area contributed by atoms with Gasteiger partial charge < -0.3 is 9.73 Å². The molecule has 3 aliphatic rings. The molecule has 4 heterocycles. The number of hydrazone groups is 1. The molecular formula is C22H24N4O4S. The van der Waals surface area contributed by atoms with Crippen LogP contribution in [0.3, 0.4) is 0 Å². The second kappa shape index (κ2) is 7.64. The molecule has 5 rings (SSSR count). The van der Waals surface area contributed by atoms with E-state index in [1.54, 1.807) is 23.7 Å². The summed E-state index contributed by atoms with van der Waals surface area (Å²) in [7, 11) is 0. The van der Waals surface area contributed by atoms with Crippen LogP contribution in [0.15, 0.2) is 45.4 Å². The zero-order valence-corrected chi connectivity index (χ0v) is 18.1. The van der Waals surface area contributed by atoms with Crippen molar-refractivity contribution in [3.8, 4) is 0 Å². The maximum Gasteiger partial charge on any atom is 0.325 e. The number of nitrogens with one attached hydrogen (secondary N) is 1. The number of furan rings is 1. The Balaban J connectivity index is 1.39. The highest BCUT2D eigenvalue weighted by molar-refractivity contribution is 7.12. The summed E-state index contributed by atoms with van der Waals surface area (Å²) < 4.78 is 5.56. The molecule has 9 heteroatoms. The van der Waals surface area contributed by atoms with Gasteiger partial charge in [-0.3, -0.25) is 14.5 Å². The minimum absolute atomic E-state index is 0.0453. The van der Waals surface area contributed by atoms with Gasteiger partial charge in [0.1, 0.15) is 23.9 Å². The van der Waals surface area contributed by atoms with E-state index >= 15 is 0 Å². The highest BCUT2D eigenvalue weighted by Gasteiger charge is 2.55. The van der Waals surface area contributed by atoms with E-state index in [4.69, 9.17) is 4.42 Å². The fourth-order valence-corrected chi connectivity index (χ4v) is 5.60. The molecule has 0 bridgehead atoms. The number of nitrogens with zero attached hydrogens (tertiary/aromatic N) is 3. The second-order valence-corrected chi connectivity index (χ2v) is 9.38. The molecule has 162 valence electrons. The Bertz CT molecular complexity index is 1030. The predicted molar refractivity (Wildman–Crippen MR) is 114 cm³/mol. The zero-order chi connectivity index (χ0) is 21.6. The van der Waals surface area contributed by atoms with Crippen molar-refractivity contribution in [2.24, 2.45) is 11.0 Å². The third-order valence-electron chi connectivity index (χ3n) is 6.64. The Hall–Kier alpha value is -2.94. The molecule has 2 aliphatic heterocycles. The summed E-state index contributed by atoms with van der Waals surface area (Å²) in [5, 5.41) is 10.8. The number of urea groups is 1. The minimum atomic E-state index is -0.883. The SMILES string of the molecule is CC1CCCCC12NC(=O)N(CC(=O)N1N=C(c3cccs3)CC1c1ccco1)C2=O. The van der Waals surface area contributed by atoms with Crippen molar-refractivity contribution in [1.29, 1.82) is 0 Å². The molecule has 3 atom stereocenters. The number of amides is 4. The van der Waals surface area contributed by atoms with Crippen molar-refractivity contribution in [3.63, 3.8) is 0 Å². The number of hydrogen-bond acceptors (Lipinski definition) is 6. The predicted octanol–water partition coefficient (Wildman–Crippen LogP) is 3.52. The lowest BCUT2D eigenvalue weighted by Crippen LogP contribution is -2.54. The van der Waals surface area contributed by atoms with E-state index in [2.05, 4.69) is 10.4 Å². The molecule has 31 heavy (non-hydrogen) atoms. The van der Waals surface area contributed by atoms with Gasteiger partial charge in [-0.25, -0.2) is 9.80 Å². The van der Waals surface area contributed by atoms with Crippen molar-refractivity contribution in [2.75, 3.05) is 6.54 Å². The van der Waals surface area contributed by atoms with Gasteiger partial charge in [0.25, 0.3) is 11.8 Å². The maximum atomic E-state index is 13.3. The molecule has 2 fully saturated rings. The van der Waals surface area contributed by atoms with Crippen LogP contribution < -0.4 is 5.32 Å². The topological polar surface area (TPSA) is 95.2 Å². The van der Waals surface area contributed by atoms with Gasteiger partial charge in [-0.1, -0.05) is 25.8 Å². The van der Waals surface area contributed by atoms with Crippen molar-refractivity contribution < 1.29 is 18.8 Å². The number of thiophene rings is 1. The van der Waals surface area contributed by atoms with Gasteiger partial charge in [0.15, 0.2) is 0 Å². The van der Waals surface area contributed by atoms with Crippen molar-refractivity contribution >= 4 is 34.9 Å². The van der Waals surface area contributed by atoms with Crippen LogP contribution in [0.5, 0.6) is 0 Å². The largest absolute Gasteiger partial charge is 0.467 e. The van der Waals surface area contributed by atoms with Crippen LogP contribution in [0.4, 0.5) is 4.79 Å². The molecule has 1 aliphatic carbocycles. The number of rotatable bonds is 4. The molecule has 2 aromatic rings. The average molecular weight is 441 g/mol. The smallest absolute Gasteiger partial charge is 0.325 e. The van der Waals surface area contributed by atoms with E-state index in [1.807, 2.05) is 30.5 Å². The molecular weight excluding hydrogens is 416 g/mol. The summed E-state index contributed by atoms with van der Waals surface area (Å²) in [5.41, 5.74) is -0.0915. The zero-order valence-electron chi connectivity index (χ0n) is 17.2. The van der Waals surface area contributed by atoms with Gasteiger partial charge in [0.2, 0.25) is 0 Å². The standard InChI is InChI=1S/C22H24N4O4S/c1-14-6-2-3-9-22(14)20(28)25(21(29)23-22)13-19(27)26-16(17-7-4-10-30-17)12-15(24-26)18-8-5-11-31-18/h4-5,7-8,10-11,14,16H,2-3,6,9,12-13H2,1H3,(H,23,29). The van der Waals surface area contributed by atoms with Crippen LogP contribution >= 0.6 is 11.3 Å². The maximum absolute atomic E-state index is 13.3. The molecule has 0 aromatic carbocycles. The molecule has 4 amide bonds. The van der Waals surface area contributed by atoms with Crippen LogP contribution in [0.2, 0.25) is 0 Å². The summed E-state index contributed by atoms with van der Waals surface area (Å²) >= 11 is 1.55. The first-order valence-corrected chi connectivity index (χ1v) is 11.5. The Labute approximate surface area is 183 Å². The van der Waals surface area contributed by atoms with Crippen molar-refractivity contribution in [3.05, 3.63) is 46.5 Å². The molecule has 2 aromatic heterocycles. The number of imide groups is 1. The molecule has 1 N–H and O–H groups in total. The second-order valence-electron chi connectivity index (χ2n) is 8.44. The first-order chi connectivity index (χ1) is 15.0. The number of carbonyl (C=O) groups is 3. The van der Waals surface area contributed by atoms with Gasteiger partial charge in [-0.05, 0) is 42.3 Å². The molecule has 0 radical (unpaired) electrons. The number of carbonyl (C=O) groups excluding carboxylic acids is 3. The van der Waals surface area contributed by atoms with E-state index in [-0.39, 0.29) is 18.4 Å². The summed E-state index contributed by atoms with van der Waals surface area (Å²) in [5.74, 6) is -0.0339. The van der Waals surface area contributed by atoms with Gasteiger partial charge in [-0.15, -0.1) is 11.3 Å². The average Bonchev–Trinajstić information content (AvgIpc) is 3.54. The Morgan fingerprint density at radius 1 is 1.32 bits per heavy atom. The van der Waals surface area contributed by atoms with Crippen molar-refractivity contribution in [2.45, 2.75) is 50.6 Å². The summed E-state index contributed by atoms with van der Waals surface area (Å²) in [6, 6.07) is 6.58. The molecule has 3 unspecified atom stereocenters. The summed E-state index contributed by atoms with van der Waals surface area (Å²) in [6.07, 6.45) is 5.51. The van der Waals surface area contributed by atoms with Gasteiger partial charge in [-0.2, -0.15) is 5.10 Å². The lowest BCUT2D eigenvalue weighted by Gasteiger charge is -2.36. The van der Waals surface area contributed by atoms with Gasteiger partial charge in [0.05, 0.1) is 16.9 Å². The van der Waals surface area contributed by atoms with Crippen LogP contribution in [-0.2, 0) is 9.59 Å². The first-order valence-electron chi connectivity index (χ1n) is 10.6. The highest BCUT2D eigenvalue weighted by Crippen LogP contribution is 2.39. The van der Waals surface area contributed by atoms with E-state index in [0.29, 0.717) is 18.6 Å². The monoisotopic (exact) mass is 440 g/mol. The molecule has 1 spiro atoms. The third kappa shape index (κ3) is 3.27. The Morgan fingerprint density at radius 2 is 2.19 bits per heavy atom. The fraction of sp³-hybridized carbons (Fsp3) is 0.455. The van der Waals surface area contributed by atoms with E-state index < -0.39 is 23.5 Å². The summed E-state index contributed by atoms with van der Waals surface area (Å²) in [4.78, 5) is 41.2. The normalized spacial score (nSPS) is 28.4.